The van der Waals surface area contributed by atoms with E-state index in [0.717, 1.165) is 10.5 Å². The topological polar surface area (TPSA) is 75.7 Å². The summed E-state index contributed by atoms with van der Waals surface area (Å²) in [6, 6.07) is 22.5. The van der Waals surface area contributed by atoms with E-state index in [1.165, 1.54) is 6.08 Å². The van der Waals surface area contributed by atoms with Gasteiger partial charge in [0.1, 0.15) is 17.1 Å². The molecule has 0 bridgehead atoms. The van der Waals surface area contributed by atoms with E-state index < -0.39 is 17.8 Å². The number of urea groups is 1. The number of amides is 4. The molecule has 3 aromatic rings. The van der Waals surface area contributed by atoms with Crippen molar-refractivity contribution >= 4 is 29.6 Å². The average molecular weight is 398 g/mol. The van der Waals surface area contributed by atoms with E-state index in [1.54, 1.807) is 42.5 Å². The van der Waals surface area contributed by atoms with Gasteiger partial charge in [-0.05, 0) is 60.5 Å². The average Bonchev–Trinajstić information content (AvgIpc) is 2.72. The van der Waals surface area contributed by atoms with E-state index in [1.807, 2.05) is 43.3 Å². The highest BCUT2D eigenvalue weighted by Gasteiger charge is 2.36. The Kier molecular flexibility index (Phi) is 5.13. The van der Waals surface area contributed by atoms with Crippen LogP contribution in [0.5, 0.6) is 11.5 Å². The van der Waals surface area contributed by atoms with Gasteiger partial charge in [-0.3, -0.25) is 14.9 Å². The van der Waals surface area contributed by atoms with Gasteiger partial charge in [-0.15, -0.1) is 0 Å². The molecule has 1 saturated heterocycles. The van der Waals surface area contributed by atoms with Crippen molar-refractivity contribution in [1.82, 2.24) is 5.32 Å². The summed E-state index contributed by atoms with van der Waals surface area (Å²) >= 11 is 0. The Morgan fingerprint density at radius 3 is 2.33 bits per heavy atom. The van der Waals surface area contributed by atoms with Crippen LogP contribution in [0.1, 0.15) is 11.1 Å². The molecule has 0 atom stereocenters. The van der Waals surface area contributed by atoms with Crippen molar-refractivity contribution in [2.75, 3.05) is 4.90 Å². The Hall–Kier alpha value is -4.19. The van der Waals surface area contributed by atoms with Crippen molar-refractivity contribution < 1.29 is 19.1 Å². The molecule has 1 N–H and O–H groups in total. The number of rotatable bonds is 4. The number of imide groups is 2. The van der Waals surface area contributed by atoms with Crippen molar-refractivity contribution in [3.63, 3.8) is 0 Å². The maximum absolute atomic E-state index is 13.0. The van der Waals surface area contributed by atoms with Crippen LogP contribution in [0.25, 0.3) is 6.08 Å². The number of nitrogens with zero attached hydrogens (tertiary/aromatic N) is 1. The van der Waals surface area contributed by atoms with E-state index in [4.69, 9.17) is 4.74 Å². The van der Waals surface area contributed by atoms with Gasteiger partial charge in [0, 0.05) is 0 Å². The second-order valence-corrected chi connectivity index (χ2v) is 6.78. The Morgan fingerprint density at radius 1 is 0.833 bits per heavy atom. The number of benzene rings is 3. The lowest BCUT2D eigenvalue weighted by Crippen LogP contribution is -2.54. The van der Waals surface area contributed by atoms with Crippen LogP contribution in [0, 0.1) is 6.92 Å². The number of hydrogen-bond acceptors (Lipinski definition) is 4. The monoisotopic (exact) mass is 398 g/mol. The molecule has 1 heterocycles. The lowest BCUT2D eigenvalue weighted by molar-refractivity contribution is -0.122. The van der Waals surface area contributed by atoms with Crippen LogP contribution in [0.4, 0.5) is 10.5 Å². The SMILES string of the molecule is Cc1cccc(N2C(=O)NC(=O)C(=Cc3cccc(Oc4ccccc4)c3)C2=O)c1. The first-order chi connectivity index (χ1) is 14.5. The highest BCUT2D eigenvalue weighted by atomic mass is 16.5. The molecule has 148 valence electrons. The number of carbonyl (C=O) groups is 3. The molecule has 0 spiro atoms. The molecule has 0 radical (unpaired) electrons. The fourth-order valence-corrected chi connectivity index (χ4v) is 3.12. The summed E-state index contributed by atoms with van der Waals surface area (Å²) in [5, 5.41) is 2.23. The molecular weight excluding hydrogens is 380 g/mol. The minimum absolute atomic E-state index is 0.132. The third-order valence-corrected chi connectivity index (χ3v) is 4.51. The maximum Gasteiger partial charge on any atom is 0.335 e. The summed E-state index contributed by atoms with van der Waals surface area (Å²) < 4.78 is 5.80. The summed E-state index contributed by atoms with van der Waals surface area (Å²) in [5.41, 5.74) is 1.76. The van der Waals surface area contributed by atoms with Crippen LogP contribution in [0.15, 0.2) is 84.4 Å². The number of hydrogen-bond donors (Lipinski definition) is 1. The van der Waals surface area contributed by atoms with Gasteiger partial charge < -0.3 is 4.74 Å². The zero-order valence-electron chi connectivity index (χ0n) is 16.2. The molecule has 0 aliphatic carbocycles. The van der Waals surface area contributed by atoms with E-state index in [2.05, 4.69) is 5.32 Å². The van der Waals surface area contributed by atoms with Crippen LogP contribution in [0.3, 0.4) is 0 Å². The van der Waals surface area contributed by atoms with E-state index in [0.29, 0.717) is 22.7 Å². The number of barbiturate groups is 1. The van der Waals surface area contributed by atoms with Crippen LogP contribution in [-0.4, -0.2) is 17.8 Å². The van der Waals surface area contributed by atoms with Gasteiger partial charge in [-0.1, -0.05) is 42.5 Å². The van der Waals surface area contributed by atoms with Gasteiger partial charge in [0.05, 0.1) is 5.69 Å². The summed E-state index contributed by atoms with van der Waals surface area (Å²) in [6.45, 7) is 1.86. The lowest BCUT2D eigenvalue weighted by Gasteiger charge is -2.26. The van der Waals surface area contributed by atoms with Crippen molar-refractivity contribution in [2.45, 2.75) is 6.92 Å². The van der Waals surface area contributed by atoms with Crippen LogP contribution in [0.2, 0.25) is 0 Å². The number of anilines is 1. The minimum atomic E-state index is -0.770. The zero-order chi connectivity index (χ0) is 21.1. The fraction of sp³-hybridized carbons (Fsp3) is 0.0417. The van der Waals surface area contributed by atoms with Crippen molar-refractivity contribution in [1.29, 1.82) is 0 Å². The fourth-order valence-electron chi connectivity index (χ4n) is 3.12. The van der Waals surface area contributed by atoms with E-state index in [9.17, 15) is 14.4 Å². The minimum Gasteiger partial charge on any atom is -0.457 e. The molecule has 30 heavy (non-hydrogen) atoms. The predicted molar refractivity (Wildman–Crippen MR) is 113 cm³/mol. The zero-order valence-corrected chi connectivity index (χ0v) is 16.2. The Balaban J connectivity index is 1.65. The number of carbonyl (C=O) groups excluding carboxylic acids is 3. The Bertz CT molecular complexity index is 1170. The molecule has 1 aliphatic heterocycles. The van der Waals surface area contributed by atoms with E-state index in [-0.39, 0.29) is 5.57 Å². The summed E-state index contributed by atoms with van der Waals surface area (Å²) in [4.78, 5) is 38.6. The molecule has 6 nitrogen and oxygen atoms in total. The molecule has 1 aliphatic rings. The molecule has 4 amide bonds. The van der Waals surface area contributed by atoms with Crippen LogP contribution >= 0.6 is 0 Å². The maximum atomic E-state index is 13.0. The standard InChI is InChI=1S/C24H18N2O4/c1-16-7-5-9-18(13-16)26-23(28)21(22(27)25-24(26)29)15-17-8-6-12-20(14-17)30-19-10-3-2-4-11-19/h2-15H,1H3,(H,25,27,29). The number of aryl methyl sites for hydroxylation is 1. The third kappa shape index (κ3) is 3.98. The number of para-hydroxylation sites is 1. The largest absolute Gasteiger partial charge is 0.457 e. The predicted octanol–water partition coefficient (Wildman–Crippen LogP) is 4.45. The number of ether oxygens (including phenoxy) is 1. The molecule has 6 heteroatoms. The first-order valence-electron chi connectivity index (χ1n) is 9.32. The highest BCUT2D eigenvalue weighted by molar-refractivity contribution is 6.39. The lowest BCUT2D eigenvalue weighted by atomic mass is 10.1. The van der Waals surface area contributed by atoms with Crippen molar-refractivity contribution in [3.05, 3.63) is 95.6 Å². The van der Waals surface area contributed by atoms with Gasteiger partial charge in [0.25, 0.3) is 11.8 Å². The van der Waals surface area contributed by atoms with Gasteiger partial charge in [-0.25, -0.2) is 9.69 Å². The van der Waals surface area contributed by atoms with Gasteiger partial charge in [-0.2, -0.15) is 0 Å². The Morgan fingerprint density at radius 2 is 1.57 bits per heavy atom. The van der Waals surface area contributed by atoms with Crippen LogP contribution in [-0.2, 0) is 9.59 Å². The smallest absolute Gasteiger partial charge is 0.335 e. The quantitative estimate of drug-likeness (QED) is 0.520. The normalized spacial score (nSPS) is 15.3. The van der Waals surface area contributed by atoms with Crippen molar-refractivity contribution in [3.8, 4) is 11.5 Å². The van der Waals surface area contributed by atoms with Gasteiger partial charge in [0.2, 0.25) is 0 Å². The molecule has 1 fully saturated rings. The van der Waals surface area contributed by atoms with Crippen LogP contribution < -0.4 is 15.0 Å². The summed E-state index contributed by atoms with van der Waals surface area (Å²) in [7, 11) is 0. The number of nitrogens with one attached hydrogen (secondary N) is 1. The van der Waals surface area contributed by atoms with Crippen molar-refractivity contribution in [2.24, 2.45) is 0 Å². The highest BCUT2D eigenvalue weighted by Crippen LogP contribution is 2.25. The first kappa shape index (κ1) is 19.1. The molecule has 0 aromatic heterocycles. The third-order valence-electron chi connectivity index (χ3n) is 4.51. The second kappa shape index (κ2) is 8.05. The molecule has 0 saturated carbocycles. The van der Waals surface area contributed by atoms with Gasteiger partial charge in [0.15, 0.2) is 0 Å². The van der Waals surface area contributed by atoms with Gasteiger partial charge >= 0.3 is 6.03 Å². The molecular formula is C24H18N2O4. The first-order valence-corrected chi connectivity index (χ1v) is 9.32. The molecule has 0 unspecified atom stereocenters. The van der Waals surface area contributed by atoms with E-state index >= 15 is 0 Å². The Labute approximate surface area is 173 Å². The summed E-state index contributed by atoms with van der Waals surface area (Å²) in [5.74, 6) is -0.178. The molecule has 4 rings (SSSR count). The second-order valence-electron chi connectivity index (χ2n) is 6.78. The molecule has 3 aromatic carbocycles. The summed E-state index contributed by atoms with van der Waals surface area (Å²) in [6.07, 6.45) is 1.45.